The van der Waals surface area contributed by atoms with Crippen LogP contribution in [0.5, 0.6) is 0 Å². The number of Topliss-reactive ketones (excluding diaryl/α,β-unsaturated/α-hetero) is 2. The lowest BCUT2D eigenvalue weighted by Gasteiger charge is -2.01. The van der Waals surface area contributed by atoms with Crippen LogP contribution in [0.1, 0.15) is 36.5 Å². The van der Waals surface area contributed by atoms with E-state index in [0.717, 1.165) is 18.2 Å². The number of benzene rings is 1. The summed E-state index contributed by atoms with van der Waals surface area (Å²) >= 11 is 0. The van der Waals surface area contributed by atoms with Crippen molar-refractivity contribution in [2.24, 2.45) is 0 Å². The molecule has 0 aliphatic carbocycles. The lowest BCUT2D eigenvalue weighted by atomic mass is 10.0. The van der Waals surface area contributed by atoms with Gasteiger partial charge in [0, 0.05) is 24.1 Å². The molecule has 0 spiro atoms. The van der Waals surface area contributed by atoms with E-state index >= 15 is 0 Å². The Morgan fingerprint density at radius 2 is 1.70 bits per heavy atom. The van der Waals surface area contributed by atoms with Crippen molar-refractivity contribution in [1.29, 1.82) is 0 Å². The van der Waals surface area contributed by atoms with Gasteiger partial charge in [-0.25, -0.2) is 0 Å². The zero-order valence-electron chi connectivity index (χ0n) is 10.7. The summed E-state index contributed by atoms with van der Waals surface area (Å²) in [6, 6.07) is 2.85. The molecule has 0 saturated carbocycles. The van der Waals surface area contributed by atoms with Crippen molar-refractivity contribution in [2.75, 3.05) is 0 Å². The van der Waals surface area contributed by atoms with Gasteiger partial charge in [0.15, 0.2) is 5.78 Å². The minimum absolute atomic E-state index is 0.0771. The second-order valence-electron chi connectivity index (χ2n) is 4.11. The van der Waals surface area contributed by atoms with Crippen LogP contribution in [-0.4, -0.2) is 21.4 Å². The summed E-state index contributed by atoms with van der Waals surface area (Å²) in [6.07, 6.45) is 0.496. The number of carbonyl (C=O) groups excluding carboxylic acids is 2. The highest BCUT2D eigenvalue weighted by Gasteiger charge is 2.25. The number of rotatable bonds is 7. The molecule has 0 fully saturated rings. The molecular formula is C12H12N2O6. The van der Waals surface area contributed by atoms with Crippen LogP contribution in [-0.2, 0) is 4.79 Å². The van der Waals surface area contributed by atoms with E-state index in [4.69, 9.17) is 0 Å². The zero-order chi connectivity index (χ0) is 15.3. The molecule has 0 aromatic heterocycles. The van der Waals surface area contributed by atoms with Crippen LogP contribution < -0.4 is 0 Å². The monoisotopic (exact) mass is 280 g/mol. The van der Waals surface area contributed by atoms with Crippen molar-refractivity contribution in [3.05, 3.63) is 44.0 Å². The fraction of sp³-hybridized carbons (Fsp3) is 0.333. The summed E-state index contributed by atoms with van der Waals surface area (Å²) in [7, 11) is 0. The van der Waals surface area contributed by atoms with E-state index < -0.39 is 27.0 Å². The highest BCUT2D eigenvalue weighted by atomic mass is 16.6. The molecule has 0 N–H and O–H groups in total. The predicted octanol–water partition coefficient (Wildman–Crippen LogP) is 2.45. The fourth-order valence-corrected chi connectivity index (χ4v) is 1.65. The van der Waals surface area contributed by atoms with E-state index in [1.54, 1.807) is 6.92 Å². The molecule has 20 heavy (non-hydrogen) atoms. The number of hydrogen-bond donors (Lipinski definition) is 0. The van der Waals surface area contributed by atoms with Gasteiger partial charge >= 0.3 is 11.4 Å². The molecule has 0 saturated heterocycles. The molecule has 0 atom stereocenters. The van der Waals surface area contributed by atoms with Crippen molar-refractivity contribution in [1.82, 2.24) is 0 Å². The maximum atomic E-state index is 11.8. The first-order valence-corrected chi connectivity index (χ1v) is 5.84. The molecule has 0 radical (unpaired) electrons. The van der Waals surface area contributed by atoms with Crippen molar-refractivity contribution in [3.63, 3.8) is 0 Å². The quantitative estimate of drug-likeness (QED) is 0.327. The van der Waals surface area contributed by atoms with Gasteiger partial charge in [-0.1, -0.05) is 6.92 Å². The molecule has 0 aliphatic heterocycles. The number of carbonyl (C=O) groups is 2. The highest BCUT2D eigenvalue weighted by Crippen LogP contribution is 2.27. The first-order valence-electron chi connectivity index (χ1n) is 5.84. The van der Waals surface area contributed by atoms with Crippen LogP contribution in [0.4, 0.5) is 11.4 Å². The summed E-state index contributed by atoms with van der Waals surface area (Å²) in [6.45, 7) is 1.79. The molecule has 1 aromatic carbocycles. The Kier molecular flexibility index (Phi) is 5.01. The summed E-state index contributed by atoms with van der Waals surface area (Å²) < 4.78 is 0. The maximum absolute atomic E-state index is 11.8. The number of hydrogen-bond acceptors (Lipinski definition) is 6. The van der Waals surface area contributed by atoms with Gasteiger partial charge in [0.25, 0.3) is 0 Å². The molecule has 0 bridgehead atoms. The first kappa shape index (κ1) is 15.4. The molecular weight excluding hydrogens is 268 g/mol. The smallest absolute Gasteiger partial charge is 0.299 e. The van der Waals surface area contributed by atoms with Gasteiger partial charge in [0.05, 0.1) is 16.3 Å². The third kappa shape index (κ3) is 3.67. The third-order valence-corrected chi connectivity index (χ3v) is 2.58. The van der Waals surface area contributed by atoms with Crippen LogP contribution >= 0.6 is 0 Å². The van der Waals surface area contributed by atoms with Crippen molar-refractivity contribution < 1.29 is 19.4 Å². The Morgan fingerprint density at radius 1 is 1.10 bits per heavy atom. The molecule has 0 heterocycles. The number of nitro benzene ring substituents is 2. The Labute approximate surface area is 113 Å². The Morgan fingerprint density at radius 3 is 2.20 bits per heavy atom. The van der Waals surface area contributed by atoms with E-state index in [0.29, 0.717) is 6.42 Å². The Hall–Kier alpha value is -2.64. The standard InChI is InChI=1S/C12H12N2O6/c1-2-3-9(15)7-12(16)8-4-5-10(13(17)18)11(6-8)14(19)20/h4-6H,2-3,7H2,1H3. The Balaban J connectivity index is 3.06. The molecule has 8 heteroatoms. The minimum atomic E-state index is -0.928. The Bertz CT molecular complexity index is 581. The molecule has 1 aromatic rings. The molecule has 0 amide bonds. The van der Waals surface area contributed by atoms with Crippen LogP contribution in [0.2, 0.25) is 0 Å². The number of ketones is 2. The average Bonchev–Trinajstić information content (AvgIpc) is 2.37. The largest absolute Gasteiger partial charge is 0.346 e. The van der Waals surface area contributed by atoms with Gasteiger partial charge in [-0.15, -0.1) is 0 Å². The topological polar surface area (TPSA) is 120 Å². The molecule has 1 rings (SSSR count). The van der Waals surface area contributed by atoms with E-state index in [9.17, 15) is 29.8 Å². The highest BCUT2D eigenvalue weighted by molar-refractivity contribution is 6.08. The first-order chi connectivity index (χ1) is 9.36. The van der Waals surface area contributed by atoms with E-state index in [1.165, 1.54) is 0 Å². The van der Waals surface area contributed by atoms with Gasteiger partial charge < -0.3 is 0 Å². The summed E-state index contributed by atoms with van der Waals surface area (Å²) in [5, 5.41) is 21.4. The lowest BCUT2D eigenvalue weighted by Crippen LogP contribution is -2.08. The summed E-state index contributed by atoms with van der Waals surface area (Å²) in [5.74, 6) is -0.847. The fourth-order valence-electron chi connectivity index (χ4n) is 1.65. The van der Waals surface area contributed by atoms with Crippen molar-refractivity contribution in [2.45, 2.75) is 26.2 Å². The van der Waals surface area contributed by atoms with Crippen LogP contribution in [0.3, 0.4) is 0 Å². The summed E-state index contributed by atoms with van der Waals surface area (Å²) in [5.41, 5.74) is -1.53. The average molecular weight is 280 g/mol. The maximum Gasteiger partial charge on any atom is 0.346 e. The second-order valence-corrected chi connectivity index (χ2v) is 4.11. The van der Waals surface area contributed by atoms with Gasteiger partial charge in [-0.3, -0.25) is 29.8 Å². The van der Waals surface area contributed by atoms with Crippen LogP contribution in [0, 0.1) is 20.2 Å². The van der Waals surface area contributed by atoms with E-state index in [1.807, 2.05) is 0 Å². The van der Waals surface area contributed by atoms with Gasteiger partial charge in [0.1, 0.15) is 5.78 Å². The van der Waals surface area contributed by atoms with Crippen molar-refractivity contribution >= 4 is 22.9 Å². The summed E-state index contributed by atoms with van der Waals surface area (Å²) in [4.78, 5) is 42.7. The van der Waals surface area contributed by atoms with Crippen LogP contribution in [0.25, 0.3) is 0 Å². The van der Waals surface area contributed by atoms with Gasteiger partial charge in [-0.2, -0.15) is 0 Å². The molecule has 106 valence electrons. The van der Waals surface area contributed by atoms with E-state index in [2.05, 4.69) is 0 Å². The van der Waals surface area contributed by atoms with Crippen LogP contribution in [0.15, 0.2) is 18.2 Å². The second kappa shape index (κ2) is 6.50. The molecule has 0 aliphatic rings. The third-order valence-electron chi connectivity index (χ3n) is 2.58. The van der Waals surface area contributed by atoms with Gasteiger partial charge in [-0.05, 0) is 12.5 Å². The lowest BCUT2D eigenvalue weighted by molar-refractivity contribution is -0.422. The zero-order valence-corrected chi connectivity index (χ0v) is 10.7. The SMILES string of the molecule is CCCC(=O)CC(=O)c1ccc([N+](=O)[O-])c([N+](=O)[O-])c1. The number of nitro groups is 2. The predicted molar refractivity (Wildman–Crippen MR) is 68.6 cm³/mol. The molecule has 8 nitrogen and oxygen atoms in total. The van der Waals surface area contributed by atoms with Crippen molar-refractivity contribution in [3.8, 4) is 0 Å². The normalized spacial score (nSPS) is 10.1. The minimum Gasteiger partial charge on any atom is -0.299 e. The molecule has 0 unspecified atom stereocenters. The van der Waals surface area contributed by atoms with Gasteiger partial charge in [0.2, 0.25) is 0 Å². The number of nitrogens with zero attached hydrogens (tertiary/aromatic N) is 2. The van der Waals surface area contributed by atoms with E-state index in [-0.39, 0.29) is 24.2 Å².